The van der Waals surface area contributed by atoms with E-state index < -0.39 is 0 Å². The van der Waals surface area contributed by atoms with Gasteiger partial charge in [0, 0.05) is 44.3 Å². The molecule has 2 fully saturated rings. The maximum Gasteiger partial charge on any atom is 0.0225 e. The van der Waals surface area contributed by atoms with Crippen LogP contribution < -0.4 is 10.6 Å². The summed E-state index contributed by atoms with van der Waals surface area (Å²) in [5.74, 6) is 0. The number of nitrogens with zero attached hydrogens (tertiary/aromatic N) is 1. The molecule has 0 aromatic carbocycles. The van der Waals surface area contributed by atoms with Gasteiger partial charge in [0.15, 0.2) is 0 Å². The van der Waals surface area contributed by atoms with E-state index in [9.17, 15) is 0 Å². The number of rotatable bonds is 1. The highest BCUT2D eigenvalue weighted by atomic mass is 15.3. The zero-order valence-electron chi connectivity index (χ0n) is 9.42. The van der Waals surface area contributed by atoms with Gasteiger partial charge in [0.05, 0.1) is 0 Å². The Morgan fingerprint density at radius 1 is 1.14 bits per heavy atom. The van der Waals surface area contributed by atoms with Gasteiger partial charge in [0.25, 0.3) is 0 Å². The normalized spacial score (nSPS) is 41.1. The van der Waals surface area contributed by atoms with Crippen LogP contribution in [0.5, 0.6) is 0 Å². The third-order valence-corrected chi connectivity index (χ3v) is 3.66. The van der Waals surface area contributed by atoms with Crippen molar-refractivity contribution in [1.82, 2.24) is 15.5 Å². The molecule has 2 aliphatic heterocycles. The first-order valence-electron chi connectivity index (χ1n) is 5.97. The van der Waals surface area contributed by atoms with Gasteiger partial charge in [-0.2, -0.15) is 0 Å². The zero-order valence-corrected chi connectivity index (χ0v) is 9.42. The second-order valence-corrected chi connectivity index (χ2v) is 4.83. The topological polar surface area (TPSA) is 27.3 Å². The van der Waals surface area contributed by atoms with Gasteiger partial charge >= 0.3 is 0 Å². The average Bonchev–Trinajstić information content (AvgIpc) is 2.20. The van der Waals surface area contributed by atoms with E-state index in [-0.39, 0.29) is 0 Å². The minimum atomic E-state index is 0.712. The molecule has 14 heavy (non-hydrogen) atoms. The molecule has 0 aliphatic carbocycles. The number of piperidine rings is 1. The van der Waals surface area contributed by atoms with Gasteiger partial charge in [-0.15, -0.1) is 0 Å². The van der Waals surface area contributed by atoms with Gasteiger partial charge in [-0.05, 0) is 26.7 Å². The number of nitrogens with one attached hydrogen (secondary N) is 2. The van der Waals surface area contributed by atoms with Gasteiger partial charge in [-0.25, -0.2) is 0 Å². The lowest BCUT2D eigenvalue weighted by Crippen LogP contribution is -2.58. The standard InChI is InChI=1S/C11H23N3/c1-9-3-4-11(8-13-9)14-6-5-12-7-10(14)2/h9-13H,3-8H2,1-2H3. The second-order valence-electron chi connectivity index (χ2n) is 4.83. The van der Waals surface area contributed by atoms with E-state index in [2.05, 4.69) is 29.4 Å². The molecular formula is C11H23N3. The van der Waals surface area contributed by atoms with Crippen LogP contribution in [0.1, 0.15) is 26.7 Å². The molecule has 2 rings (SSSR count). The van der Waals surface area contributed by atoms with Crippen LogP contribution in [0.3, 0.4) is 0 Å². The summed E-state index contributed by atoms with van der Waals surface area (Å²) < 4.78 is 0. The van der Waals surface area contributed by atoms with E-state index >= 15 is 0 Å². The maximum atomic E-state index is 3.59. The lowest BCUT2D eigenvalue weighted by Gasteiger charge is -2.42. The first-order chi connectivity index (χ1) is 6.77. The van der Waals surface area contributed by atoms with Crippen LogP contribution in [0.25, 0.3) is 0 Å². The summed E-state index contributed by atoms with van der Waals surface area (Å²) in [7, 11) is 0. The summed E-state index contributed by atoms with van der Waals surface area (Å²) in [6, 6.07) is 2.22. The SMILES string of the molecule is CC1CCC(N2CCNCC2C)CN1. The van der Waals surface area contributed by atoms with Crippen LogP contribution in [-0.4, -0.2) is 49.2 Å². The lowest BCUT2D eigenvalue weighted by molar-refractivity contribution is 0.0920. The maximum absolute atomic E-state index is 3.59. The highest BCUT2D eigenvalue weighted by molar-refractivity contribution is 4.87. The van der Waals surface area contributed by atoms with Crippen molar-refractivity contribution in [2.24, 2.45) is 0 Å². The predicted molar refractivity (Wildman–Crippen MR) is 59.5 cm³/mol. The highest BCUT2D eigenvalue weighted by Gasteiger charge is 2.28. The van der Waals surface area contributed by atoms with Crippen molar-refractivity contribution in [3.63, 3.8) is 0 Å². The van der Waals surface area contributed by atoms with E-state index in [0.717, 1.165) is 25.2 Å². The fourth-order valence-corrected chi connectivity index (χ4v) is 2.67. The van der Waals surface area contributed by atoms with Gasteiger partial charge in [0.2, 0.25) is 0 Å². The molecule has 3 heteroatoms. The van der Waals surface area contributed by atoms with E-state index in [0.29, 0.717) is 6.04 Å². The quantitative estimate of drug-likeness (QED) is 0.638. The highest BCUT2D eigenvalue weighted by Crippen LogP contribution is 2.17. The zero-order chi connectivity index (χ0) is 9.97. The molecule has 0 aromatic heterocycles. The van der Waals surface area contributed by atoms with Crippen LogP contribution in [0, 0.1) is 0 Å². The molecule has 2 heterocycles. The van der Waals surface area contributed by atoms with E-state index in [1.54, 1.807) is 0 Å². The summed E-state index contributed by atoms with van der Waals surface area (Å²) in [5.41, 5.74) is 0. The van der Waals surface area contributed by atoms with Crippen molar-refractivity contribution < 1.29 is 0 Å². The van der Waals surface area contributed by atoms with Gasteiger partial charge in [0.1, 0.15) is 0 Å². The van der Waals surface area contributed by atoms with Crippen molar-refractivity contribution >= 4 is 0 Å². The van der Waals surface area contributed by atoms with Gasteiger partial charge < -0.3 is 10.6 Å². The van der Waals surface area contributed by atoms with Crippen molar-refractivity contribution in [2.75, 3.05) is 26.2 Å². The molecule has 2 saturated heterocycles. The monoisotopic (exact) mass is 197 g/mol. The van der Waals surface area contributed by atoms with Crippen molar-refractivity contribution in [3.05, 3.63) is 0 Å². The Hall–Kier alpha value is -0.120. The number of hydrogen-bond donors (Lipinski definition) is 2. The first kappa shape index (κ1) is 10.4. The Kier molecular flexibility index (Phi) is 3.42. The van der Waals surface area contributed by atoms with Crippen molar-refractivity contribution in [3.8, 4) is 0 Å². The first-order valence-corrected chi connectivity index (χ1v) is 5.97. The van der Waals surface area contributed by atoms with Crippen molar-refractivity contribution in [1.29, 1.82) is 0 Å². The molecular weight excluding hydrogens is 174 g/mol. The molecule has 2 N–H and O–H groups in total. The van der Waals surface area contributed by atoms with Crippen LogP contribution in [0.4, 0.5) is 0 Å². The van der Waals surface area contributed by atoms with E-state index in [1.807, 2.05) is 0 Å². The second kappa shape index (κ2) is 4.60. The molecule has 3 unspecified atom stereocenters. The molecule has 0 bridgehead atoms. The molecule has 0 radical (unpaired) electrons. The molecule has 3 nitrogen and oxygen atoms in total. The van der Waals surface area contributed by atoms with Crippen LogP contribution >= 0.6 is 0 Å². The molecule has 3 atom stereocenters. The Morgan fingerprint density at radius 2 is 2.00 bits per heavy atom. The van der Waals surface area contributed by atoms with Crippen LogP contribution in [0.2, 0.25) is 0 Å². The molecule has 82 valence electrons. The molecule has 0 amide bonds. The summed E-state index contributed by atoms with van der Waals surface area (Å²) in [4.78, 5) is 2.68. The summed E-state index contributed by atoms with van der Waals surface area (Å²) in [6.45, 7) is 9.36. The number of piperazine rings is 1. The fourth-order valence-electron chi connectivity index (χ4n) is 2.67. The van der Waals surface area contributed by atoms with Crippen LogP contribution in [0.15, 0.2) is 0 Å². The third-order valence-electron chi connectivity index (χ3n) is 3.66. The van der Waals surface area contributed by atoms with Gasteiger partial charge in [-0.3, -0.25) is 4.90 Å². The minimum Gasteiger partial charge on any atom is -0.314 e. The minimum absolute atomic E-state index is 0.712. The Morgan fingerprint density at radius 3 is 2.64 bits per heavy atom. The van der Waals surface area contributed by atoms with E-state index in [4.69, 9.17) is 0 Å². The molecule has 2 aliphatic rings. The molecule has 0 aromatic rings. The predicted octanol–water partition coefficient (Wildman–Crippen LogP) is 0.421. The molecule has 0 saturated carbocycles. The van der Waals surface area contributed by atoms with Gasteiger partial charge in [-0.1, -0.05) is 0 Å². The summed E-state index contributed by atoms with van der Waals surface area (Å²) in [6.07, 6.45) is 2.71. The van der Waals surface area contributed by atoms with Crippen molar-refractivity contribution in [2.45, 2.75) is 44.8 Å². The lowest BCUT2D eigenvalue weighted by atomic mass is 9.98. The molecule has 0 spiro atoms. The fraction of sp³-hybridized carbons (Fsp3) is 1.00. The summed E-state index contributed by atoms with van der Waals surface area (Å²) >= 11 is 0. The number of hydrogen-bond acceptors (Lipinski definition) is 3. The van der Waals surface area contributed by atoms with Crippen LogP contribution in [-0.2, 0) is 0 Å². The van der Waals surface area contributed by atoms with E-state index in [1.165, 1.54) is 25.9 Å². The average molecular weight is 197 g/mol. The Balaban J connectivity index is 1.87. The smallest absolute Gasteiger partial charge is 0.0225 e. The Labute approximate surface area is 87.2 Å². The largest absolute Gasteiger partial charge is 0.314 e. The summed E-state index contributed by atoms with van der Waals surface area (Å²) in [5, 5.41) is 7.04. The Bertz CT molecular complexity index is 175. The third kappa shape index (κ3) is 2.27.